The van der Waals surface area contributed by atoms with Gasteiger partial charge in [-0.1, -0.05) is 0 Å². The number of nitrogens with one attached hydrogen (secondary N) is 1. The molecule has 0 radical (unpaired) electrons. The lowest BCUT2D eigenvalue weighted by molar-refractivity contribution is -0.137. The molecule has 1 aromatic carbocycles. The largest absolute Gasteiger partial charge is 0.416 e. The van der Waals surface area contributed by atoms with Crippen molar-refractivity contribution < 1.29 is 13.2 Å². The number of alkyl halides is 3. The highest BCUT2D eigenvalue weighted by molar-refractivity contribution is 5.74. The first-order valence-electron chi connectivity index (χ1n) is 5.41. The molecule has 0 bridgehead atoms. The number of nitrogens with zero attached hydrogens (tertiary/aromatic N) is 1. The molecule has 17 heavy (non-hydrogen) atoms. The predicted octanol–water partition coefficient (Wildman–Crippen LogP) is 3.35. The molecule has 94 valence electrons. The number of rotatable bonds is 0. The topological polar surface area (TPSA) is 15.3 Å². The molecule has 1 aliphatic rings. The average Bonchev–Trinajstić information content (AvgIpc) is 2.22. The summed E-state index contributed by atoms with van der Waals surface area (Å²) in [6.45, 7) is 4.71. The zero-order chi connectivity index (χ0) is 12.8. The Hall–Kier alpha value is -1.39. The summed E-state index contributed by atoms with van der Waals surface area (Å²) in [5.74, 6) is 0. The van der Waals surface area contributed by atoms with Crippen LogP contribution in [0, 0.1) is 0 Å². The number of hydrogen-bond donors (Lipinski definition) is 1. The smallest absolute Gasteiger partial charge is 0.381 e. The van der Waals surface area contributed by atoms with Crippen molar-refractivity contribution >= 4 is 11.4 Å². The van der Waals surface area contributed by atoms with Gasteiger partial charge in [0.1, 0.15) is 0 Å². The minimum absolute atomic E-state index is 0.104. The van der Waals surface area contributed by atoms with Crippen LogP contribution >= 0.6 is 0 Å². The third kappa shape index (κ3) is 2.06. The Labute approximate surface area is 98.4 Å². The monoisotopic (exact) mass is 244 g/mol. The first kappa shape index (κ1) is 12.1. The van der Waals surface area contributed by atoms with E-state index in [2.05, 4.69) is 5.32 Å². The van der Waals surface area contributed by atoms with Crippen LogP contribution in [0.5, 0.6) is 0 Å². The summed E-state index contributed by atoms with van der Waals surface area (Å²) in [4.78, 5) is 2.00. The van der Waals surface area contributed by atoms with Gasteiger partial charge in [-0.05, 0) is 32.0 Å². The molecule has 0 amide bonds. The lowest BCUT2D eigenvalue weighted by Crippen LogP contribution is -2.50. The Bertz CT molecular complexity index is 438. The second-order valence-corrected chi connectivity index (χ2v) is 4.95. The second-order valence-electron chi connectivity index (χ2n) is 4.95. The predicted molar refractivity (Wildman–Crippen MR) is 62.4 cm³/mol. The van der Waals surface area contributed by atoms with Crippen LogP contribution in [0.25, 0.3) is 0 Å². The van der Waals surface area contributed by atoms with Crippen molar-refractivity contribution in [2.75, 3.05) is 23.8 Å². The molecule has 0 aromatic heterocycles. The van der Waals surface area contributed by atoms with Crippen LogP contribution in [-0.4, -0.2) is 19.1 Å². The summed E-state index contributed by atoms with van der Waals surface area (Å²) >= 11 is 0. The van der Waals surface area contributed by atoms with Gasteiger partial charge in [0.2, 0.25) is 0 Å². The molecule has 0 aliphatic carbocycles. The molecule has 1 aliphatic heterocycles. The zero-order valence-corrected chi connectivity index (χ0v) is 10.0. The second kappa shape index (κ2) is 3.55. The first-order valence-corrected chi connectivity index (χ1v) is 5.41. The van der Waals surface area contributed by atoms with E-state index in [-0.39, 0.29) is 5.54 Å². The lowest BCUT2D eigenvalue weighted by atomic mass is 9.98. The molecule has 1 N–H and O–H groups in total. The van der Waals surface area contributed by atoms with E-state index in [9.17, 15) is 13.2 Å². The number of likely N-dealkylation sites (N-methyl/N-ethyl adjacent to an activating group) is 1. The van der Waals surface area contributed by atoms with E-state index in [1.165, 1.54) is 12.1 Å². The minimum atomic E-state index is -4.29. The number of fused-ring (bicyclic) bond motifs is 1. The zero-order valence-electron chi connectivity index (χ0n) is 10.0. The molecule has 1 aromatic rings. The number of anilines is 2. The van der Waals surface area contributed by atoms with Crippen LogP contribution in [0.3, 0.4) is 0 Å². The Morgan fingerprint density at radius 1 is 1.29 bits per heavy atom. The van der Waals surface area contributed by atoms with Crippen molar-refractivity contribution in [3.8, 4) is 0 Å². The Balaban J connectivity index is 2.44. The Morgan fingerprint density at radius 2 is 1.94 bits per heavy atom. The molecule has 1 heterocycles. The fourth-order valence-electron chi connectivity index (χ4n) is 1.90. The Morgan fingerprint density at radius 3 is 2.53 bits per heavy atom. The van der Waals surface area contributed by atoms with Crippen molar-refractivity contribution in [3.63, 3.8) is 0 Å². The van der Waals surface area contributed by atoms with Crippen LogP contribution in [0.4, 0.5) is 24.5 Å². The van der Waals surface area contributed by atoms with Crippen molar-refractivity contribution in [2.45, 2.75) is 25.6 Å². The van der Waals surface area contributed by atoms with Crippen molar-refractivity contribution in [2.24, 2.45) is 0 Å². The van der Waals surface area contributed by atoms with E-state index in [1.807, 2.05) is 25.8 Å². The first-order chi connectivity index (χ1) is 7.72. The van der Waals surface area contributed by atoms with E-state index < -0.39 is 11.7 Å². The summed E-state index contributed by atoms with van der Waals surface area (Å²) in [6.07, 6.45) is -4.29. The normalized spacial score (nSPS) is 18.6. The fraction of sp³-hybridized carbons (Fsp3) is 0.500. The fourth-order valence-corrected chi connectivity index (χ4v) is 1.90. The minimum Gasteiger partial charge on any atom is -0.381 e. The van der Waals surface area contributed by atoms with Gasteiger partial charge < -0.3 is 10.2 Å². The summed E-state index contributed by atoms with van der Waals surface area (Å²) in [5, 5.41) is 3.05. The lowest BCUT2D eigenvalue weighted by Gasteiger charge is -2.43. The van der Waals surface area contributed by atoms with Crippen LogP contribution in [0.2, 0.25) is 0 Å². The maximum atomic E-state index is 12.6. The molecule has 0 saturated heterocycles. The van der Waals surface area contributed by atoms with Gasteiger partial charge in [-0.15, -0.1) is 0 Å². The van der Waals surface area contributed by atoms with Gasteiger partial charge in [0.15, 0.2) is 0 Å². The van der Waals surface area contributed by atoms with Crippen LogP contribution < -0.4 is 10.2 Å². The van der Waals surface area contributed by atoms with Crippen molar-refractivity contribution in [1.29, 1.82) is 0 Å². The molecule has 2 rings (SSSR count). The molecule has 0 spiro atoms. The van der Waals surface area contributed by atoms with Gasteiger partial charge >= 0.3 is 6.18 Å². The molecule has 0 fully saturated rings. The molecule has 0 atom stereocenters. The maximum absolute atomic E-state index is 12.6. The molecule has 0 saturated carbocycles. The summed E-state index contributed by atoms with van der Waals surface area (Å²) in [5.41, 5.74) is 0.625. The standard InChI is InChI=1S/C12H15F3N2/c1-11(2)7-16-9-6-8(12(13,14)15)4-5-10(9)17(11)3/h4-6,16H,7H2,1-3H3. The third-order valence-corrected chi connectivity index (χ3v) is 3.30. The van der Waals surface area contributed by atoms with E-state index >= 15 is 0 Å². The van der Waals surface area contributed by atoms with Gasteiger partial charge in [0.25, 0.3) is 0 Å². The molecule has 0 unspecified atom stereocenters. The van der Waals surface area contributed by atoms with Crippen molar-refractivity contribution in [3.05, 3.63) is 23.8 Å². The van der Waals surface area contributed by atoms with Gasteiger partial charge in [0.05, 0.1) is 22.5 Å². The molecular formula is C12H15F3N2. The SMILES string of the molecule is CN1c2ccc(C(F)(F)F)cc2NCC1(C)C. The van der Waals surface area contributed by atoms with Gasteiger partial charge in [-0.2, -0.15) is 13.2 Å². The highest BCUT2D eigenvalue weighted by Crippen LogP contribution is 2.39. The van der Waals surface area contributed by atoms with Crippen LogP contribution in [0.15, 0.2) is 18.2 Å². The van der Waals surface area contributed by atoms with Crippen LogP contribution in [-0.2, 0) is 6.18 Å². The number of hydrogen-bond acceptors (Lipinski definition) is 2. The summed E-state index contributed by atoms with van der Waals surface area (Å²) in [6, 6.07) is 3.81. The van der Waals surface area contributed by atoms with E-state index in [4.69, 9.17) is 0 Å². The van der Waals surface area contributed by atoms with Gasteiger partial charge in [-0.25, -0.2) is 0 Å². The third-order valence-electron chi connectivity index (χ3n) is 3.30. The quantitative estimate of drug-likeness (QED) is 0.753. The summed E-state index contributed by atoms with van der Waals surface area (Å²) in [7, 11) is 1.90. The van der Waals surface area contributed by atoms with E-state index in [1.54, 1.807) is 0 Å². The van der Waals surface area contributed by atoms with Gasteiger partial charge in [-0.3, -0.25) is 0 Å². The molecular weight excluding hydrogens is 229 g/mol. The van der Waals surface area contributed by atoms with E-state index in [0.29, 0.717) is 12.2 Å². The highest BCUT2D eigenvalue weighted by atomic mass is 19.4. The van der Waals surface area contributed by atoms with Crippen LogP contribution in [0.1, 0.15) is 19.4 Å². The molecule has 5 heteroatoms. The van der Waals surface area contributed by atoms with Gasteiger partial charge in [0, 0.05) is 13.6 Å². The van der Waals surface area contributed by atoms with E-state index in [0.717, 1.165) is 11.8 Å². The molecule has 2 nitrogen and oxygen atoms in total. The van der Waals surface area contributed by atoms with Crippen molar-refractivity contribution in [1.82, 2.24) is 0 Å². The number of benzene rings is 1. The summed E-state index contributed by atoms with van der Waals surface area (Å²) < 4.78 is 37.7. The highest BCUT2D eigenvalue weighted by Gasteiger charge is 2.34. The maximum Gasteiger partial charge on any atom is 0.416 e. The average molecular weight is 244 g/mol. The number of halogens is 3. The Kier molecular flexibility index (Phi) is 2.52.